The summed E-state index contributed by atoms with van der Waals surface area (Å²) in [5.41, 5.74) is 10.4. The number of nitrogens with two attached hydrogens (primary N) is 2. The van der Waals surface area contributed by atoms with Crippen LogP contribution in [0.3, 0.4) is 0 Å². The van der Waals surface area contributed by atoms with Gasteiger partial charge in [-0.2, -0.15) is 8.42 Å². The molecule has 3 atom stereocenters. The van der Waals surface area contributed by atoms with Crippen molar-refractivity contribution in [2.45, 2.75) is 24.4 Å². The maximum atomic E-state index is 12.0. The summed E-state index contributed by atoms with van der Waals surface area (Å²) in [6, 6.07) is 0. The summed E-state index contributed by atoms with van der Waals surface area (Å²) in [6.45, 7) is -0.525. The van der Waals surface area contributed by atoms with Gasteiger partial charge in [-0.05, 0) is 0 Å². The largest absolute Gasteiger partial charge is 0.469 e. The molecule has 2 aliphatic heterocycles. The van der Waals surface area contributed by atoms with Crippen LogP contribution < -0.4 is 11.5 Å². The fraction of sp³-hybridized carbons (Fsp3) is 0.417. The summed E-state index contributed by atoms with van der Waals surface area (Å²) in [4.78, 5) is 29.8. The highest BCUT2D eigenvalue weighted by atomic mass is 32.2. The van der Waals surface area contributed by atoms with E-state index in [1.54, 1.807) is 0 Å². The molecule has 0 amide bonds. The first kappa shape index (κ1) is 19.2. The molecule has 1 spiro atoms. The number of rotatable bonds is 4. The zero-order valence-electron chi connectivity index (χ0n) is 13.9. The average Bonchev–Trinajstić information content (AvgIpc) is 3.20. The molecule has 2 aromatic heterocycles. The zero-order chi connectivity index (χ0) is 20.3. The molecule has 2 aliphatic rings. The molecule has 0 aromatic carbocycles. The van der Waals surface area contributed by atoms with E-state index in [0.717, 1.165) is 5.41 Å². The van der Waals surface area contributed by atoms with Crippen molar-refractivity contribution in [2.24, 2.45) is 5.73 Å². The molecule has 2 aromatic rings. The van der Waals surface area contributed by atoms with Crippen molar-refractivity contribution in [3.63, 3.8) is 0 Å². The van der Waals surface area contributed by atoms with Crippen LogP contribution in [0.1, 0.15) is 12.6 Å². The smallest absolute Gasteiger partial charge is 0.399 e. The number of phosphoric acid groups is 1. The molecule has 4 heterocycles. The molecule has 1 fully saturated rings. The molecule has 0 radical (unpaired) electrons. The van der Waals surface area contributed by atoms with Crippen LogP contribution in [0.2, 0.25) is 0 Å². The van der Waals surface area contributed by atoms with Crippen molar-refractivity contribution in [3.05, 3.63) is 23.8 Å². The van der Waals surface area contributed by atoms with E-state index in [4.69, 9.17) is 30.2 Å². The van der Waals surface area contributed by atoms with Crippen LogP contribution in [0.4, 0.5) is 5.82 Å². The summed E-state index contributed by atoms with van der Waals surface area (Å²) >= 11 is 0. The molecular formula is C12H15N6O8PS. The van der Waals surface area contributed by atoms with Gasteiger partial charge in [-0.3, -0.25) is 9.09 Å². The van der Waals surface area contributed by atoms with Crippen molar-refractivity contribution in [1.29, 1.82) is 0 Å². The highest BCUT2D eigenvalue weighted by Crippen LogP contribution is 2.50. The van der Waals surface area contributed by atoms with Gasteiger partial charge in [0, 0.05) is 6.42 Å². The highest BCUT2D eigenvalue weighted by Gasteiger charge is 2.59. The Bertz CT molecular complexity index is 1130. The third kappa shape index (κ3) is 3.16. The molecule has 0 saturated carbocycles. The first-order chi connectivity index (χ1) is 13.0. The highest BCUT2D eigenvalue weighted by molar-refractivity contribution is 7.90. The molecule has 1 saturated heterocycles. The number of anilines is 1. The van der Waals surface area contributed by atoms with Crippen LogP contribution in [-0.4, -0.2) is 56.0 Å². The fourth-order valence-electron chi connectivity index (χ4n) is 3.26. The number of hydrogen-bond acceptors (Lipinski definition) is 11. The Balaban J connectivity index is 1.77. The van der Waals surface area contributed by atoms with Crippen molar-refractivity contribution in [2.75, 3.05) is 12.3 Å². The van der Waals surface area contributed by atoms with Gasteiger partial charge in [0.15, 0.2) is 23.3 Å². The van der Waals surface area contributed by atoms with Crippen LogP contribution in [0, 0.1) is 0 Å². The zero-order valence-corrected chi connectivity index (χ0v) is 15.7. The third-order valence-electron chi connectivity index (χ3n) is 4.34. The standard InChI is InChI=1S/C12H15N6O8PS/c13-7-3-28(22,23)26-12(7)1-6(2-24-27(19,20)21)25-11(12)18-5-17-8-9(14)15-4-16-10(8)18/h3-6,11H,1-2,13H2,(H2,14,15,16)(H2,19,20,21)/t6-,11+,12-/m0/s1. The molecule has 0 aliphatic carbocycles. The summed E-state index contributed by atoms with van der Waals surface area (Å²) < 4.78 is 51.9. The Labute approximate surface area is 157 Å². The molecule has 16 heteroatoms. The molecule has 4 rings (SSSR count). The lowest BCUT2D eigenvalue weighted by atomic mass is 9.94. The summed E-state index contributed by atoms with van der Waals surface area (Å²) in [7, 11) is -8.86. The SMILES string of the molecule is NC1=CS(=O)(=O)O[C@@]12C[C@@H](COP(=O)(O)O)O[C@H]2n1cnc2c(N)ncnc21. The molecular weight excluding hydrogens is 419 g/mol. The lowest BCUT2D eigenvalue weighted by molar-refractivity contribution is -0.0637. The lowest BCUT2D eigenvalue weighted by Crippen LogP contribution is -2.41. The van der Waals surface area contributed by atoms with Gasteiger partial charge >= 0.3 is 7.82 Å². The summed E-state index contributed by atoms with van der Waals surface area (Å²) in [5, 5.41) is 0.762. The normalized spacial score (nSPS) is 29.6. The Morgan fingerprint density at radius 3 is 2.75 bits per heavy atom. The minimum atomic E-state index is -4.77. The number of phosphoric ester groups is 1. The van der Waals surface area contributed by atoms with E-state index in [0.29, 0.717) is 0 Å². The van der Waals surface area contributed by atoms with E-state index in [-0.39, 0.29) is 29.1 Å². The number of ether oxygens (including phenoxy) is 1. The van der Waals surface area contributed by atoms with Gasteiger partial charge in [-0.1, -0.05) is 0 Å². The summed E-state index contributed by atoms with van der Waals surface area (Å²) in [5.74, 6) is 0.0978. The fourth-order valence-corrected chi connectivity index (χ4v) is 4.84. The van der Waals surface area contributed by atoms with E-state index in [1.807, 2.05) is 0 Å². The lowest BCUT2D eigenvalue weighted by Gasteiger charge is -2.29. The Morgan fingerprint density at radius 1 is 1.36 bits per heavy atom. The molecule has 14 nitrogen and oxygen atoms in total. The molecule has 28 heavy (non-hydrogen) atoms. The van der Waals surface area contributed by atoms with E-state index in [9.17, 15) is 13.0 Å². The van der Waals surface area contributed by atoms with Gasteiger partial charge < -0.3 is 26.0 Å². The Morgan fingerprint density at radius 2 is 2.11 bits per heavy atom. The number of nitrogens with zero attached hydrogens (tertiary/aromatic N) is 4. The predicted molar refractivity (Wildman–Crippen MR) is 91.3 cm³/mol. The van der Waals surface area contributed by atoms with E-state index in [2.05, 4.69) is 19.5 Å². The van der Waals surface area contributed by atoms with Crippen LogP contribution in [0.25, 0.3) is 11.2 Å². The first-order valence-corrected chi connectivity index (χ1v) is 10.7. The van der Waals surface area contributed by atoms with E-state index < -0.39 is 42.5 Å². The minimum absolute atomic E-state index is 0.0978. The van der Waals surface area contributed by atoms with E-state index >= 15 is 0 Å². The van der Waals surface area contributed by atoms with Gasteiger partial charge in [-0.15, -0.1) is 0 Å². The van der Waals surface area contributed by atoms with Crippen molar-refractivity contribution in [1.82, 2.24) is 19.5 Å². The molecule has 0 unspecified atom stereocenters. The maximum Gasteiger partial charge on any atom is 0.469 e. The van der Waals surface area contributed by atoms with Gasteiger partial charge in [-0.25, -0.2) is 23.7 Å². The topological polar surface area (TPSA) is 215 Å². The number of nitrogen functional groups attached to an aromatic ring is 1. The number of fused-ring (bicyclic) bond motifs is 1. The number of imidazole rings is 1. The first-order valence-electron chi connectivity index (χ1n) is 7.73. The Kier molecular flexibility index (Phi) is 4.24. The van der Waals surface area contributed by atoms with Gasteiger partial charge in [0.2, 0.25) is 0 Å². The van der Waals surface area contributed by atoms with Gasteiger partial charge in [0.1, 0.15) is 11.8 Å². The van der Waals surface area contributed by atoms with Gasteiger partial charge in [0.05, 0.1) is 30.1 Å². The molecule has 6 N–H and O–H groups in total. The predicted octanol–water partition coefficient (Wildman–Crippen LogP) is -1.30. The molecule has 152 valence electrons. The van der Waals surface area contributed by atoms with Crippen LogP contribution in [0.15, 0.2) is 23.8 Å². The average molecular weight is 434 g/mol. The van der Waals surface area contributed by atoms with Crippen molar-refractivity contribution >= 4 is 34.9 Å². The minimum Gasteiger partial charge on any atom is -0.399 e. The summed E-state index contributed by atoms with van der Waals surface area (Å²) in [6.07, 6.45) is 0.215. The Hall–Kier alpha value is -2.13. The van der Waals surface area contributed by atoms with Crippen LogP contribution in [0.5, 0.6) is 0 Å². The third-order valence-corrected chi connectivity index (χ3v) is 5.90. The van der Waals surface area contributed by atoms with Crippen molar-refractivity contribution in [3.8, 4) is 0 Å². The number of hydrogen-bond donors (Lipinski definition) is 4. The van der Waals surface area contributed by atoms with Crippen LogP contribution >= 0.6 is 7.82 Å². The monoisotopic (exact) mass is 434 g/mol. The van der Waals surface area contributed by atoms with Crippen LogP contribution in [-0.2, 0) is 28.1 Å². The van der Waals surface area contributed by atoms with Gasteiger partial charge in [0.25, 0.3) is 10.1 Å². The second kappa shape index (κ2) is 6.18. The van der Waals surface area contributed by atoms with E-state index in [1.165, 1.54) is 17.2 Å². The number of aromatic nitrogens is 4. The quantitative estimate of drug-likeness (QED) is 0.326. The maximum absolute atomic E-state index is 12.0. The second-order valence-corrected chi connectivity index (χ2v) is 8.85. The molecule has 0 bridgehead atoms. The second-order valence-electron chi connectivity index (χ2n) is 6.22. The van der Waals surface area contributed by atoms with Crippen molar-refractivity contribution < 1.29 is 36.2 Å².